The molecule has 27 heavy (non-hydrogen) atoms. The summed E-state index contributed by atoms with van der Waals surface area (Å²) < 4.78 is 5.24. The van der Waals surface area contributed by atoms with Gasteiger partial charge in [0.25, 0.3) is 0 Å². The van der Waals surface area contributed by atoms with E-state index in [9.17, 15) is 10.5 Å². The molecule has 0 spiro atoms. The first-order valence-electron chi connectivity index (χ1n) is 9.01. The minimum Gasteiger partial charge on any atom is -0.497 e. The summed E-state index contributed by atoms with van der Waals surface area (Å²) in [6.07, 6.45) is 4.96. The Kier molecular flexibility index (Phi) is 5.59. The maximum atomic E-state index is 9.23. The molecule has 0 bridgehead atoms. The van der Waals surface area contributed by atoms with E-state index in [0.717, 1.165) is 52.7 Å². The van der Waals surface area contributed by atoms with Gasteiger partial charge >= 0.3 is 0 Å². The van der Waals surface area contributed by atoms with Crippen LogP contribution in [0.4, 0.5) is 0 Å². The van der Waals surface area contributed by atoms with Crippen molar-refractivity contribution in [2.24, 2.45) is 0 Å². The molecule has 1 N–H and O–H groups in total. The van der Waals surface area contributed by atoms with Crippen LogP contribution in [0.25, 0.3) is 28.2 Å². The first-order valence-corrected chi connectivity index (χ1v) is 9.01. The van der Waals surface area contributed by atoms with Gasteiger partial charge in [0.05, 0.1) is 12.8 Å². The molecule has 1 heterocycles. The van der Waals surface area contributed by atoms with Crippen molar-refractivity contribution in [1.82, 2.24) is 4.98 Å². The third-order valence-corrected chi connectivity index (χ3v) is 4.63. The van der Waals surface area contributed by atoms with Crippen molar-refractivity contribution in [3.8, 4) is 29.1 Å². The Morgan fingerprint density at radius 1 is 1.11 bits per heavy atom. The monoisotopic (exact) mass is 355 g/mol. The van der Waals surface area contributed by atoms with E-state index in [0.29, 0.717) is 0 Å². The molecule has 0 atom stereocenters. The van der Waals surface area contributed by atoms with Crippen LogP contribution in [0.5, 0.6) is 5.75 Å². The fraction of sp³-hybridized carbons (Fsp3) is 0.217. The van der Waals surface area contributed by atoms with Crippen LogP contribution >= 0.6 is 0 Å². The maximum absolute atomic E-state index is 9.23. The quantitative estimate of drug-likeness (QED) is 0.584. The third-order valence-electron chi connectivity index (χ3n) is 4.63. The fourth-order valence-corrected chi connectivity index (χ4v) is 3.17. The summed E-state index contributed by atoms with van der Waals surface area (Å²) in [5.74, 6) is 0.781. The molecule has 4 nitrogen and oxygen atoms in total. The summed E-state index contributed by atoms with van der Waals surface area (Å²) in [5.41, 5.74) is 5.07. The van der Waals surface area contributed by atoms with Gasteiger partial charge in [-0.1, -0.05) is 19.4 Å². The van der Waals surface area contributed by atoms with Crippen LogP contribution in [0.2, 0.25) is 0 Å². The number of H-pyrrole nitrogens is 1. The molecule has 0 radical (unpaired) electrons. The Morgan fingerprint density at radius 3 is 2.48 bits per heavy atom. The summed E-state index contributed by atoms with van der Waals surface area (Å²) >= 11 is 0. The second-order valence-electron chi connectivity index (χ2n) is 6.41. The number of methoxy groups -OCH3 is 1. The lowest BCUT2D eigenvalue weighted by Gasteiger charge is -2.04. The Hall–Kier alpha value is -3.50. The number of aryl methyl sites for hydroxylation is 1. The number of ether oxygens (including phenoxy) is 1. The molecule has 0 amide bonds. The smallest absolute Gasteiger partial charge is 0.130 e. The number of aromatic amines is 1. The maximum Gasteiger partial charge on any atom is 0.130 e. The molecule has 134 valence electrons. The number of benzene rings is 2. The molecule has 0 aliphatic heterocycles. The van der Waals surface area contributed by atoms with Crippen molar-refractivity contribution >= 4 is 17.0 Å². The first kappa shape index (κ1) is 18.3. The minimum atomic E-state index is 0.0876. The largest absolute Gasteiger partial charge is 0.497 e. The Labute approximate surface area is 159 Å². The van der Waals surface area contributed by atoms with Crippen LogP contribution < -0.4 is 4.74 Å². The SMILES string of the molecule is CCCCc1ccc2[nH]c(-c3ccc(OC)cc3)c(C=C(C#N)C#N)c2c1. The molecule has 0 aliphatic carbocycles. The van der Waals surface area contributed by atoms with E-state index >= 15 is 0 Å². The predicted molar refractivity (Wildman–Crippen MR) is 108 cm³/mol. The number of rotatable bonds is 6. The van der Waals surface area contributed by atoms with Crippen LogP contribution in [0, 0.1) is 22.7 Å². The van der Waals surface area contributed by atoms with Crippen LogP contribution in [0.3, 0.4) is 0 Å². The highest BCUT2D eigenvalue weighted by atomic mass is 16.5. The van der Waals surface area contributed by atoms with Gasteiger partial charge in [0, 0.05) is 16.5 Å². The Bertz CT molecular complexity index is 1040. The number of aromatic nitrogens is 1. The molecule has 4 heteroatoms. The molecule has 2 aromatic carbocycles. The molecule has 3 rings (SSSR count). The lowest BCUT2D eigenvalue weighted by Crippen LogP contribution is -1.86. The fourth-order valence-electron chi connectivity index (χ4n) is 3.17. The van der Waals surface area contributed by atoms with Crippen LogP contribution in [0.15, 0.2) is 48.0 Å². The number of hydrogen-bond donors (Lipinski definition) is 1. The van der Waals surface area contributed by atoms with Crippen molar-refractivity contribution in [1.29, 1.82) is 10.5 Å². The van der Waals surface area contributed by atoms with Gasteiger partial charge in [-0.05, 0) is 66.4 Å². The molecular weight excluding hydrogens is 334 g/mol. The molecule has 0 unspecified atom stereocenters. The molecule has 1 aromatic heterocycles. The number of nitrogens with zero attached hydrogens (tertiary/aromatic N) is 2. The van der Waals surface area contributed by atoms with Gasteiger partial charge in [-0.25, -0.2) is 0 Å². The lowest BCUT2D eigenvalue weighted by molar-refractivity contribution is 0.415. The highest BCUT2D eigenvalue weighted by Gasteiger charge is 2.13. The third kappa shape index (κ3) is 3.86. The number of nitrogens with one attached hydrogen (secondary N) is 1. The van der Waals surface area contributed by atoms with Gasteiger partial charge < -0.3 is 9.72 Å². The van der Waals surface area contributed by atoms with Crippen molar-refractivity contribution in [2.45, 2.75) is 26.2 Å². The van der Waals surface area contributed by atoms with Crippen LogP contribution in [-0.4, -0.2) is 12.1 Å². The topological polar surface area (TPSA) is 72.6 Å². The van der Waals surface area contributed by atoms with Crippen LogP contribution in [0.1, 0.15) is 30.9 Å². The normalized spacial score (nSPS) is 10.2. The van der Waals surface area contributed by atoms with Crippen molar-refractivity contribution in [3.05, 3.63) is 59.2 Å². The van der Waals surface area contributed by atoms with E-state index in [1.165, 1.54) is 5.56 Å². The number of nitriles is 2. The zero-order chi connectivity index (χ0) is 19.2. The second kappa shape index (κ2) is 8.25. The zero-order valence-corrected chi connectivity index (χ0v) is 15.5. The van der Waals surface area contributed by atoms with Crippen molar-refractivity contribution in [2.75, 3.05) is 7.11 Å². The molecular formula is C23H21N3O. The molecule has 0 saturated carbocycles. The molecule has 0 aliphatic rings. The lowest BCUT2D eigenvalue weighted by atomic mass is 10.0. The van der Waals surface area contributed by atoms with Gasteiger partial charge in [-0.2, -0.15) is 10.5 Å². The Balaban J connectivity index is 2.20. The number of unbranched alkanes of at least 4 members (excludes halogenated alkanes) is 1. The summed E-state index contributed by atoms with van der Waals surface area (Å²) in [6, 6.07) is 18.0. The molecule has 0 saturated heterocycles. The van der Waals surface area contributed by atoms with E-state index in [1.807, 2.05) is 36.4 Å². The average molecular weight is 355 g/mol. The molecule has 3 aromatic rings. The number of fused-ring (bicyclic) bond motifs is 1. The minimum absolute atomic E-state index is 0.0876. The van der Waals surface area contributed by atoms with Gasteiger partial charge in [-0.15, -0.1) is 0 Å². The van der Waals surface area contributed by atoms with E-state index in [2.05, 4.69) is 30.1 Å². The average Bonchev–Trinajstić information content (AvgIpc) is 3.08. The van der Waals surface area contributed by atoms with Gasteiger partial charge in [-0.3, -0.25) is 0 Å². The Morgan fingerprint density at radius 2 is 1.85 bits per heavy atom. The standard InChI is InChI=1S/C23H21N3O/c1-3-4-5-16-6-11-22-20(12-16)21(13-17(14-24)15-25)23(26-22)18-7-9-19(27-2)10-8-18/h6-13,26H,3-5H2,1-2H3. The van der Waals surface area contributed by atoms with E-state index < -0.39 is 0 Å². The summed E-state index contributed by atoms with van der Waals surface area (Å²) in [6.45, 7) is 2.18. The summed E-state index contributed by atoms with van der Waals surface area (Å²) in [4.78, 5) is 3.45. The van der Waals surface area contributed by atoms with E-state index in [1.54, 1.807) is 13.2 Å². The van der Waals surface area contributed by atoms with E-state index in [-0.39, 0.29) is 5.57 Å². The summed E-state index contributed by atoms with van der Waals surface area (Å²) in [5, 5.41) is 19.5. The van der Waals surface area contributed by atoms with Gasteiger partial charge in [0.15, 0.2) is 0 Å². The molecule has 0 fully saturated rings. The highest BCUT2D eigenvalue weighted by Crippen LogP contribution is 2.33. The number of hydrogen-bond acceptors (Lipinski definition) is 3. The van der Waals surface area contributed by atoms with Crippen molar-refractivity contribution < 1.29 is 4.74 Å². The second-order valence-corrected chi connectivity index (χ2v) is 6.41. The van der Waals surface area contributed by atoms with Crippen LogP contribution in [-0.2, 0) is 6.42 Å². The summed E-state index contributed by atoms with van der Waals surface area (Å²) in [7, 11) is 1.63. The zero-order valence-electron chi connectivity index (χ0n) is 15.5. The first-order chi connectivity index (χ1) is 13.2. The van der Waals surface area contributed by atoms with Crippen molar-refractivity contribution in [3.63, 3.8) is 0 Å². The van der Waals surface area contributed by atoms with Gasteiger partial charge in [0.1, 0.15) is 23.5 Å². The predicted octanol–water partition coefficient (Wildman–Crippen LogP) is 5.62. The van der Waals surface area contributed by atoms with E-state index in [4.69, 9.17) is 4.74 Å². The highest BCUT2D eigenvalue weighted by molar-refractivity contribution is 5.98. The number of allylic oxidation sites excluding steroid dienone is 1. The van der Waals surface area contributed by atoms with Gasteiger partial charge in [0.2, 0.25) is 0 Å².